The second-order valence-electron chi connectivity index (χ2n) is 8.12. The third-order valence-electron chi connectivity index (χ3n) is 5.59. The summed E-state index contributed by atoms with van der Waals surface area (Å²) >= 11 is 5.31. The lowest BCUT2D eigenvalue weighted by molar-refractivity contribution is 0.689. The first-order valence-electron chi connectivity index (χ1n) is 11.6. The number of allylic oxidation sites excluding steroid dienone is 2. The van der Waals surface area contributed by atoms with Crippen LogP contribution in [0.2, 0.25) is 0 Å². The lowest BCUT2D eigenvalue weighted by atomic mass is 10.1. The fraction of sp³-hybridized carbons (Fsp3) is 0.200. The smallest absolute Gasteiger partial charge is 0.0123 e. The van der Waals surface area contributed by atoms with E-state index < -0.39 is 0 Å². The lowest BCUT2D eigenvalue weighted by Gasteiger charge is -2.04. The van der Waals surface area contributed by atoms with E-state index >= 15 is 0 Å². The second kappa shape index (κ2) is 13.0. The van der Waals surface area contributed by atoms with E-state index in [0.29, 0.717) is 0 Å². The van der Waals surface area contributed by atoms with Gasteiger partial charge in [-0.1, -0.05) is 90.6 Å². The molecule has 3 heteroatoms. The van der Waals surface area contributed by atoms with E-state index in [9.17, 15) is 0 Å². The largest absolute Gasteiger partial charge is 0.0984 e. The van der Waals surface area contributed by atoms with E-state index in [2.05, 4.69) is 108 Å². The van der Waals surface area contributed by atoms with Gasteiger partial charge in [-0.15, -0.1) is 0 Å². The van der Waals surface area contributed by atoms with Crippen molar-refractivity contribution in [2.75, 3.05) is 0 Å². The molecule has 0 nitrogen and oxygen atoms in total. The van der Waals surface area contributed by atoms with E-state index in [1.165, 1.54) is 56.4 Å². The van der Waals surface area contributed by atoms with Crippen molar-refractivity contribution in [3.8, 4) is 0 Å². The molecule has 3 aromatic carbocycles. The molecule has 0 aliphatic heterocycles. The molecule has 0 spiro atoms. The van der Waals surface area contributed by atoms with Crippen LogP contribution in [0.15, 0.2) is 115 Å². The Balaban J connectivity index is 1.25. The molecule has 0 atom stereocenters. The zero-order chi connectivity index (χ0) is 22.7. The van der Waals surface area contributed by atoms with Crippen LogP contribution < -0.4 is 0 Å². The Kier molecular flexibility index (Phi) is 9.47. The van der Waals surface area contributed by atoms with E-state index in [-0.39, 0.29) is 0 Å². The standard InChI is InChI=1S/C30H30S3/c1-2-22-31-27-13-17-29(18-14-27)33-30-19-15-28(16-20-30)32-23-21-26-11-9-25(10-12-26)8-7-24-5-3-4-6-24/h2,7-24H,3-6H2,1H3/b8-7+,22-2+,23-21+. The van der Waals surface area contributed by atoms with E-state index in [1.54, 1.807) is 35.3 Å². The van der Waals surface area contributed by atoms with Crippen LogP contribution in [0.5, 0.6) is 0 Å². The van der Waals surface area contributed by atoms with Gasteiger partial charge in [0.25, 0.3) is 0 Å². The molecule has 168 valence electrons. The van der Waals surface area contributed by atoms with E-state index in [1.807, 2.05) is 6.92 Å². The van der Waals surface area contributed by atoms with Crippen LogP contribution in [-0.2, 0) is 0 Å². The molecule has 3 aromatic rings. The highest BCUT2D eigenvalue weighted by Crippen LogP contribution is 2.32. The topological polar surface area (TPSA) is 0 Å². The number of hydrogen-bond donors (Lipinski definition) is 0. The highest BCUT2D eigenvalue weighted by Gasteiger charge is 2.10. The Bertz CT molecular complexity index is 1070. The molecule has 0 amide bonds. The zero-order valence-corrected chi connectivity index (χ0v) is 21.5. The van der Waals surface area contributed by atoms with Gasteiger partial charge in [0.2, 0.25) is 0 Å². The highest BCUT2D eigenvalue weighted by molar-refractivity contribution is 8.02. The molecule has 0 heterocycles. The molecule has 1 fully saturated rings. The molecule has 33 heavy (non-hydrogen) atoms. The summed E-state index contributed by atoms with van der Waals surface area (Å²) in [7, 11) is 0. The third kappa shape index (κ3) is 8.03. The summed E-state index contributed by atoms with van der Waals surface area (Å²) in [5.41, 5.74) is 2.54. The minimum absolute atomic E-state index is 0.790. The van der Waals surface area contributed by atoms with Crippen molar-refractivity contribution >= 4 is 47.4 Å². The van der Waals surface area contributed by atoms with Crippen molar-refractivity contribution in [2.24, 2.45) is 5.92 Å². The fourth-order valence-corrected chi connectivity index (χ4v) is 5.84. The average Bonchev–Trinajstić information content (AvgIpc) is 3.38. The van der Waals surface area contributed by atoms with Gasteiger partial charge in [0.15, 0.2) is 0 Å². The van der Waals surface area contributed by atoms with Crippen molar-refractivity contribution in [1.82, 2.24) is 0 Å². The van der Waals surface area contributed by atoms with Gasteiger partial charge < -0.3 is 0 Å². The zero-order valence-electron chi connectivity index (χ0n) is 19.0. The van der Waals surface area contributed by atoms with Crippen LogP contribution in [0.4, 0.5) is 0 Å². The maximum absolute atomic E-state index is 2.40. The van der Waals surface area contributed by atoms with Gasteiger partial charge in [0.05, 0.1) is 0 Å². The quantitative estimate of drug-likeness (QED) is 0.276. The lowest BCUT2D eigenvalue weighted by Crippen LogP contribution is -1.85. The van der Waals surface area contributed by atoms with Gasteiger partial charge >= 0.3 is 0 Å². The minimum Gasteiger partial charge on any atom is -0.0984 e. The first-order chi connectivity index (χ1) is 16.3. The Morgan fingerprint density at radius 2 is 1.09 bits per heavy atom. The van der Waals surface area contributed by atoms with Crippen molar-refractivity contribution < 1.29 is 0 Å². The summed E-state index contributed by atoms with van der Waals surface area (Å²) in [4.78, 5) is 5.05. The molecule has 1 aliphatic carbocycles. The Morgan fingerprint density at radius 1 is 0.606 bits per heavy atom. The van der Waals surface area contributed by atoms with Gasteiger partial charge in [0.1, 0.15) is 0 Å². The molecule has 0 bridgehead atoms. The monoisotopic (exact) mass is 486 g/mol. The number of rotatable bonds is 9. The maximum atomic E-state index is 2.40. The molecule has 0 radical (unpaired) electrons. The Labute approximate surface area is 211 Å². The molecule has 1 saturated carbocycles. The van der Waals surface area contributed by atoms with Crippen molar-refractivity contribution in [3.05, 3.63) is 107 Å². The molecule has 4 rings (SSSR count). The van der Waals surface area contributed by atoms with Crippen LogP contribution in [0.3, 0.4) is 0 Å². The molecular formula is C30H30S3. The van der Waals surface area contributed by atoms with E-state index in [4.69, 9.17) is 0 Å². The summed E-state index contributed by atoms with van der Waals surface area (Å²) in [5, 5.41) is 4.28. The molecule has 0 N–H and O–H groups in total. The van der Waals surface area contributed by atoms with Crippen LogP contribution in [0, 0.1) is 5.92 Å². The predicted molar refractivity (Wildman–Crippen MR) is 150 cm³/mol. The summed E-state index contributed by atoms with van der Waals surface area (Å²) < 4.78 is 0. The third-order valence-corrected chi connectivity index (χ3v) is 8.37. The van der Waals surface area contributed by atoms with Crippen LogP contribution in [0.25, 0.3) is 12.2 Å². The second-order valence-corrected chi connectivity index (χ2v) is 11.2. The molecule has 0 saturated heterocycles. The first-order valence-corrected chi connectivity index (χ1v) is 14.1. The fourth-order valence-electron chi connectivity index (χ4n) is 3.76. The van der Waals surface area contributed by atoms with Gasteiger partial charge in [-0.05, 0) is 102 Å². The maximum Gasteiger partial charge on any atom is 0.0123 e. The summed E-state index contributed by atoms with van der Waals surface area (Å²) in [6, 6.07) is 26.4. The van der Waals surface area contributed by atoms with Crippen molar-refractivity contribution in [3.63, 3.8) is 0 Å². The number of hydrogen-bond acceptors (Lipinski definition) is 3. The summed E-state index contributed by atoms with van der Waals surface area (Å²) in [5.74, 6) is 0.790. The molecule has 0 aromatic heterocycles. The van der Waals surface area contributed by atoms with Crippen LogP contribution >= 0.6 is 35.3 Å². The van der Waals surface area contributed by atoms with Gasteiger partial charge in [-0.3, -0.25) is 0 Å². The van der Waals surface area contributed by atoms with Gasteiger partial charge in [0, 0.05) is 19.6 Å². The molecule has 1 aliphatic rings. The summed E-state index contributed by atoms with van der Waals surface area (Å²) in [6.07, 6.45) is 14.4. The molecular weight excluding hydrogens is 457 g/mol. The SMILES string of the molecule is C/C=C/Sc1ccc(Sc2ccc(S/C=C/c3ccc(/C=C/C4CCCC4)cc3)cc2)cc1. The first kappa shape index (κ1) is 24.1. The minimum atomic E-state index is 0.790. The van der Waals surface area contributed by atoms with Crippen molar-refractivity contribution in [2.45, 2.75) is 52.2 Å². The number of benzene rings is 3. The molecule has 0 unspecified atom stereocenters. The van der Waals surface area contributed by atoms with Gasteiger partial charge in [-0.25, -0.2) is 0 Å². The Morgan fingerprint density at radius 3 is 1.64 bits per heavy atom. The predicted octanol–water partition coefficient (Wildman–Crippen LogP) is 10.4. The van der Waals surface area contributed by atoms with Crippen LogP contribution in [0.1, 0.15) is 43.7 Å². The number of thioether (sulfide) groups is 2. The Hall–Kier alpha value is -2.07. The van der Waals surface area contributed by atoms with Gasteiger partial charge in [-0.2, -0.15) is 0 Å². The average molecular weight is 487 g/mol. The highest BCUT2D eigenvalue weighted by atomic mass is 32.2. The normalized spacial score (nSPS) is 14.8. The van der Waals surface area contributed by atoms with Crippen LogP contribution in [-0.4, -0.2) is 0 Å². The van der Waals surface area contributed by atoms with E-state index in [0.717, 1.165) is 5.92 Å². The summed E-state index contributed by atoms with van der Waals surface area (Å²) in [6.45, 7) is 2.04. The van der Waals surface area contributed by atoms with Crippen molar-refractivity contribution in [1.29, 1.82) is 0 Å².